The molecule has 4 heteroatoms. The molecule has 1 aromatic rings. The van der Waals surface area contributed by atoms with E-state index in [1.54, 1.807) is 30.1 Å². The van der Waals surface area contributed by atoms with E-state index in [4.69, 9.17) is 5.73 Å². The van der Waals surface area contributed by atoms with Crippen LogP contribution in [0, 0.1) is 17.2 Å². The van der Waals surface area contributed by atoms with Crippen molar-refractivity contribution in [3.63, 3.8) is 0 Å². The Labute approximate surface area is 126 Å². The van der Waals surface area contributed by atoms with Crippen LogP contribution >= 0.6 is 0 Å². The highest BCUT2D eigenvalue weighted by Gasteiger charge is 2.41. The van der Waals surface area contributed by atoms with Crippen molar-refractivity contribution in [2.75, 3.05) is 13.6 Å². The van der Waals surface area contributed by atoms with Gasteiger partial charge in [0.15, 0.2) is 0 Å². The maximum Gasteiger partial charge on any atom is 0.230 e. The minimum Gasteiger partial charge on any atom is -0.341 e. The van der Waals surface area contributed by atoms with Gasteiger partial charge in [-0.25, -0.2) is 4.39 Å². The Morgan fingerprint density at radius 2 is 2.00 bits per heavy atom. The van der Waals surface area contributed by atoms with Gasteiger partial charge in [0.2, 0.25) is 5.91 Å². The largest absolute Gasteiger partial charge is 0.341 e. The number of halogens is 1. The molecule has 1 amide bonds. The number of hydrogen-bond acceptors (Lipinski definition) is 2. The minimum atomic E-state index is -0.452. The van der Waals surface area contributed by atoms with E-state index >= 15 is 0 Å². The topological polar surface area (TPSA) is 46.3 Å². The lowest BCUT2D eigenvalue weighted by Crippen LogP contribution is -2.48. The molecule has 1 aliphatic rings. The van der Waals surface area contributed by atoms with Crippen molar-refractivity contribution in [3.05, 3.63) is 35.6 Å². The van der Waals surface area contributed by atoms with E-state index in [1.807, 2.05) is 0 Å². The third kappa shape index (κ3) is 3.43. The first-order valence-electron chi connectivity index (χ1n) is 7.67. The number of nitrogens with two attached hydrogens (primary N) is 1. The quantitative estimate of drug-likeness (QED) is 0.927. The van der Waals surface area contributed by atoms with E-state index in [-0.39, 0.29) is 11.7 Å². The van der Waals surface area contributed by atoms with Gasteiger partial charge < -0.3 is 10.6 Å². The van der Waals surface area contributed by atoms with E-state index in [0.717, 1.165) is 25.7 Å². The highest BCUT2D eigenvalue weighted by atomic mass is 19.1. The minimum absolute atomic E-state index is 0.0557. The number of carbonyl (C=O) groups excluding carboxylic acids is 1. The smallest absolute Gasteiger partial charge is 0.230 e. The SMILES string of the molecule is CC1CCC(CN)(C(=O)N(C)Cc2ccccc2F)CC1. The van der Waals surface area contributed by atoms with E-state index in [9.17, 15) is 9.18 Å². The zero-order valence-corrected chi connectivity index (χ0v) is 12.9. The summed E-state index contributed by atoms with van der Waals surface area (Å²) in [7, 11) is 1.74. The maximum atomic E-state index is 13.7. The van der Waals surface area contributed by atoms with Gasteiger partial charge >= 0.3 is 0 Å². The van der Waals surface area contributed by atoms with Gasteiger partial charge in [-0.05, 0) is 37.7 Å². The molecule has 0 spiro atoms. The standard InChI is InChI=1S/C17H25FN2O/c1-13-7-9-17(12-19,10-8-13)16(21)20(2)11-14-5-3-4-6-15(14)18/h3-6,13H,7-12,19H2,1-2H3. The Bertz CT molecular complexity index is 495. The Hall–Kier alpha value is -1.42. The third-order valence-electron chi connectivity index (χ3n) is 4.79. The summed E-state index contributed by atoms with van der Waals surface area (Å²) in [5.74, 6) is 0.450. The summed E-state index contributed by atoms with van der Waals surface area (Å²) in [6.45, 7) is 2.89. The van der Waals surface area contributed by atoms with Gasteiger partial charge in [-0.2, -0.15) is 0 Å². The Morgan fingerprint density at radius 3 is 2.57 bits per heavy atom. The molecule has 3 nitrogen and oxygen atoms in total. The molecule has 2 N–H and O–H groups in total. The van der Waals surface area contributed by atoms with Crippen molar-refractivity contribution in [2.45, 2.75) is 39.2 Å². The summed E-state index contributed by atoms with van der Waals surface area (Å²) in [4.78, 5) is 14.4. The van der Waals surface area contributed by atoms with E-state index in [2.05, 4.69) is 6.92 Å². The molecule has 0 aromatic heterocycles. The lowest BCUT2D eigenvalue weighted by Gasteiger charge is -2.39. The Morgan fingerprint density at radius 1 is 1.38 bits per heavy atom. The molecule has 0 saturated heterocycles. The third-order valence-corrected chi connectivity index (χ3v) is 4.79. The molecule has 0 atom stereocenters. The van der Waals surface area contributed by atoms with Gasteiger partial charge in [0.05, 0.1) is 5.41 Å². The molecule has 0 bridgehead atoms. The number of amides is 1. The zero-order chi connectivity index (χ0) is 15.5. The summed E-state index contributed by atoms with van der Waals surface area (Å²) < 4.78 is 13.7. The number of carbonyl (C=O) groups is 1. The number of hydrogen-bond donors (Lipinski definition) is 1. The molecule has 2 rings (SSSR count). The monoisotopic (exact) mass is 292 g/mol. The first-order valence-corrected chi connectivity index (χ1v) is 7.67. The molecule has 1 saturated carbocycles. The van der Waals surface area contributed by atoms with Crippen LogP contribution in [-0.2, 0) is 11.3 Å². The molecule has 1 fully saturated rings. The first-order chi connectivity index (χ1) is 9.98. The van der Waals surface area contributed by atoms with Crippen LogP contribution in [-0.4, -0.2) is 24.4 Å². The van der Waals surface area contributed by atoms with Crippen molar-refractivity contribution in [1.29, 1.82) is 0 Å². The predicted molar refractivity (Wildman–Crippen MR) is 82.0 cm³/mol. The molecular formula is C17H25FN2O. The van der Waals surface area contributed by atoms with Crippen LogP contribution in [0.5, 0.6) is 0 Å². The fourth-order valence-electron chi connectivity index (χ4n) is 3.18. The molecule has 0 heterocycles. The van der Waals surface area contributed by atoms with Crippen molar-refractivity contribution in [1.82, 2.24) is 4.90 Å². The summed E-state index contributed by atoms with van der Waals surface area (Å²) >= 11 is 0. The fourth-order valence-corrected chi connectivity index (χ4v) is 3.18. The molecular weight excluding hydrogens is 267 g/mol. The molecule has 0 radical (unpaired) electrons. The molecule has 1 aromatic carbocycles. The van der Waals surface area contributed by atoms with Crippen LogP contribution in [0.25, 0.3) is 0 Å². The fraction of sp³-hybridized carbons (Fsp3) is 0.588. The van der Waals surface area contributed by atoms with Crippen molar-refractivity contribution >= 4 is 5.91 Å². The van der Waals surface area contributed by atoms with Gasteiger partial charge in [0, 0.05) is 25.7 Å². The molecule has 1 aliphatic carbocycles. The normalized spacial score (nSPS) is 25.6. The summed E-state index contributed by atoms with van der Waals surface area (Å²) in [5, 5.41) is 0. The summed E-state index contributed by atoms with van der Waals surface area (Å²) in [6.07, 6.45) is 3.75. The summed E-state index contributed by atoms with van der Waals surface area (Å²) in [5.41, 5.74) is 6.02. The lowest BCUT2D eigenvalue weighted by molar-refractivity contribution is -0.143. The lowest BCUT2D eigenvalue weighted by atomic mass is 9.70. The van der Waals surface area contributed by atoms with Gasteiger partial charge in [0.1, 0.15) is 5.82 Å². The van der Waals surface area contributed by atoms with E-state index in [1.165, 1.54) is 6.07 Å². The highest BCUT2D eigenvalue weighted by molar-refractivity contribution is 5.83. The average Bonchev–Trinajstić information content (AvgIpc) is 2.50. The highest BCUT2D eigenvalue weighted by Crippen LogP contribution is 2.39. The average molecular weight is 292 g/mol. The van der Waals surface area contributed by atoms with Crippen molar-refractivity contribution in [3.8, 4) is 0 Å². The Balaban J connectivity index is 2.09. The first kappa shape index (κ1) is 16.0. The van der Waals surface area contributed by atoms with Gasteiger partial charge in [-0.3, -0.25) is 4.79 Å². The zero-order valence-electron chi connectivity index (χ0n) is 12.9. The van der Waals surface area contributed by atoms with Gasteiger partial charge in [-0.15, -0.1) is 0 Å². The molecule has 0 unspecified atom stereocenters. The van der Waals surface area contributed by atoms with Crippen LogP contribution in [0.15, 0.2) is 24.3 Å². The van der Waals surface area contributed by atoms with Crippen LogP contribution in [0.4, 0.5) is 4.39 Å². The van der Waals surface area contributed by atoms with Crippen LogP contribution in [0.3, 0.4) is 0 Å². The van der Waals surface area contributed by atoms with Crippen molar-refractivity contribution < 1.29 is 9.18 Å². The van der Waals surface area contributed by atoms with Crippen molar-refractivity contribution in [2.24, 2.45) is 17.1 Å². The Kier molecular flexibility index (Phi) is 4.99. The number of nitrogens with zero attached hydrogens (tertiary/aromatic N) is 1. The van der Waals surface area contributed by atoms with Crippen LogP contribution in [0.1, 0.15) is 38.2 Å². The van der Waals surface area contributed by atoms with Crippen LogP contribution < -0.4 is 5.73 Å². The maximum absolute atomic E-state index is 13.7. The number of rotatable bonds is 4. The van der Waals surface area contributed by atoms with E-state index < -0.39 is 5.41 Å². The predicted octanol–water partition coefficient (Wildman–Crippen LogP) is 2.94. The molecule has 116 valence electrons. The molecule has 21 heavy (non-hydrogen) atoms. The second kappa shape index (κ2) is 6.56. The summed E-state index contributed by atoms with van der Waals surface area (Å²) in [6, 6.07) is 6.59. The van der Waals surface area contributed by atoms with Gasteiger partial charge in [-0.1, -0.05) is 25.1 Å². The number of benzene rings is 1. The molecule has 0 aliphatic heterocycles. The van der Waals surface area contributed by atoms with Gasteiger partial charge in [0.25, 0.3) is 0 Å². The van der Waals surface area contributed by atoms with Crippen LogP contribution in [0.2, 0.25) is 0 Å². The second-order valence-corrected chi connectivity index (χ2v) is 6.42. The second-order valence-electron chi connectivity index (χ2n) is 6.42. The van der Waals surface area contributed by atoms with E-state index in [0.29, 0.717) is 24.6 Å².